The first-order chi connectivity index (χ1) is 18.5. The van der Waals surface area contributed by atoms with Gasteiger partial charge in [0.2, 0.25) is 0 Å². The van der Waals surface area contributed by atoms with Crippen LogP contribution in [-0.2, 0) is 6.61 Å². The first-order valence-corrected chi connectivity index (χ1v) is 11.8. The van der Waals surface area contributed by atoms with Crippen molar-refractivity contribution in [2.45, 2.75) is 34.3 Å². The van der Waals surface area contributed by atoms with Crippen LogP contribution in [0.2, 0.25) is 0 Å². The van der Waals surface area contributed by atoms with Crippen molar-refractivity contribution in [3.8, 4) is 17.2 Å². The van der Waals surface area contributed by atoms with E-state index >= 15 is 0 Å². The van der Waals surface area contributed by atoms with E-state index in [0.717, 1.165) is 16.7 Å². The van der Waals surface area contributed by atoms with Gasteiger partial charge in [-0.1, -0.05) is 12.1 Å². The summed E-state index contributed by atoms with van der Waals surface area (Å²) < 4.78 is 17.0. The average Bonchev–Trinajstić information content (AvgIpc) is 3.35. The van der Waals surface area contributed by atoms with Gasteiger partial charge in [-0.15, -0.1) is 0 Å². The number of amides is 1. The molecular weight excluding hydrogens is 506 g/mol. The van der Waals surface area contributed by atoms with Crippen molar-refractivity contribution in [1.82, 2.24) is 0 Å². The normalized spacial score (nSPS) is 10.7. The number of rotatable bonds is 9. The minimum atomic E-state index is -0.656. The first kappa shape index (κ1) is 26.9. The van der Waals surface area contributed by atoms with Crippen molar-refractivity contribution in [3.63, 3.8) is 0 Å². The third kappa shape index (κ3) is 6.39. The van der Waals surface area contributed by atoms with Gasteiger partial charge in [0.15, 0.2) is 11.5 Å². The number of benzene rings is 3. The quantitative estimate of drug-likeness (QED) is 0.180. The molecule has 1 aromatic heterocycles. The van der Waals surface area contributed by atoms with E-state index in [1.807, 2.05) is 32.9 Å². The summed E-state index contributed by atoms with van der Waals surface area (Å²) in [7, 11) is 0. The molecule has 1 heterocycles. The van der Waals surface area contributed by atoms with Crippen LogP contribution in [0.3, 0.4) is 0 Å². The molecule has 1 amide bonds. The number of hydrogen-bond acceptors (Lipinski definition) is 8. The van der Waals surface area contributed by atoms with E-state index in [0.29, 0.717) is 11.3 Å². The third-order valence-electron chi connectivity index (χ3n) is 5.92. The van der Waals surface area contributed by atoms with Gasteiger partial charge in [-0.3, -0.25) is 25.0 Å². The Balaban J connectivity index is 1.50. The molecule has 0 bridgehead atoms. The predicted octanol–water partition coefficient (Wildman–Crippen LogP) is 6.95. The summed E-state index contributed by atoms with van der Waals surface area (Å²) in [6.45, 7) is 7.33. The first-order valence-electron chi connectivity index (χ1n) is 11.8. The molecule has 4 rings (SSSR count). The number of nitrogens with zero attached hydrogens (tertiary/aromatic N) is 2. The van der Waals surface area contributed by atoms with E-state index in [1.54, 1.807) is 13.0 Å². The number of ether oxygens (including phenoxy) is 2. The number of carbonyl (C=O) groups is 1. The van der Waals surface area contributed by atoms with Crippen LogP contribution >= 0.6 is 0 Å². The van der Waals surface area contributed by atoms with Gasteiger partial charge in [0, 0.05) is 18.2 Å². The average molecular weight is 532 g/mol. The van der Waals surface area contributed by atoms with E-state index in [1.165, 1.54) is 42.5 Å². The second kappa shape index (κ2) is 11.1. The van der Waals surface area contributed by atoms with Crippen molar-refractivity contribution in [2.24, 2.45) is 0 Å². The zero-order valence-corrected chi connectivity index (χ0v) is 21.6. The molecule has 39 heavy (non-hydrogen) atoms. The number of nitro groups is 2. The highest BCUT2D eigenvalue weighted by molar-refractivity contribution is 6.02. The molecule has 200 valence electrons. The maximum absolute atomic E-state index is 12.8. The van der Waals surface area contributed by atoms with E-state index in [2.05, 4.69) is 5.32 Å². The Kier molecular flexibility index (Phi) is 7.61. The second-order valence-electron chi connectivity index (χ2n) is 9.02. The minimum Gasteiger partial charge on any atom is -0.479 e. The number of nitro benzene ring substituents is 2. The van der Waals surface area contributed by atoms with Gasteiger partial charge >= 0.3 is 5.69 Å². The zero-order chi connectivity index (χ0) is 28.3. The number of aryl methyl sites for hydroxylation is 3. The Morgan fingerprint density at radius 1 is 0.872 bits per heavy atom. The van der Waals surface area contributed by atoms with Crippen LogP contribution in [0.4, 0.5) is 17.1 Å². The maximum Gasteiger partial charge on any atom is 0.311 e. The lowest BCUT2D eigenvalue weighted by Crippen LogP contribution is -2.11. The molecule has 0 radical (unpaired) electrons. The minimum absolute atomic E-state index is 0.0659. The smallest absolute Gasteiger partial charge is 0.311 e. The Morgan fingerprint density at radius 3 is 2.36 bits per heavy atom. The van der Waals surface area contributed by atoms with Crippen LogP contribution in [0, 0.1) is 47.9 Å². The van der Waals surface area contributed by atoms with Gasteiger partial charge in [0.1, 0.15) is 23.9 Å². The van der Waals surface area contributed by atoms with Gasteiger partial charge in [0.05, 0.1) is 21.6 Å². The summed E-state index contributed by atoms with van der Waals surface area (Å²) in [5.41, 5.74) is 3.28. The van der Waals surface area contributed by atoms with Crippen LogP contribution in [0.5, 0.6) is 17.2 Å². The standard InChI is InChI=1S/C28H25N3O8/c1-16-5-7-25(24(10-16)31(35)36)37-15-22-6-8-26(38-22)28(32)29-20-12-21(30(33)34)14-23(13-20)39-27-11-17(2)9-18(3)19(27)4/h5-14H,15H2,1-4H3,(H,29,32). The van der Waals surface area contributed by atoms with Crippen LogP contribution in [0.25, 0.3) is 0 Å². The molecule has 0 aliphatic heterocycles. The summed E-state index contributed by atoms with van der Waals surface area (Å²) in [5, 5.41) is 25.4. The summed E-state index contributed by atoms with van der Waals surface area (Å²) in [6, 6.07) is 15.3. The van der Waals surface area contributed by atoms with E-state index in [-0.39, 0.29) is 46.7 Å². The summed E-state index contributed by atoms with van der Waals surface area (Å²) >= 11 is 0. The summed E-state index contributed by atoms with van der Waals surface area (Å²) in [5.74, 6) is 0.317. The Labute approximate surface area is 223 Å². The monoisotopic (exact) mass is 531 g/mol. The SMILES string of the molecule is Cc1cc(C)c(C)c(Oc2cc(NC(=O)c3ccc(COc4ccc(C)cc4[N+](=O)[O-])o3)cc([N+](=O)[O-])c2)c1. The Bertz CT molecular complexity index is 1590. The molecule has 11 nitrogen and oxygen atoms in total. The fourth-order valence-corrected chi connectivity index (χ4v) is 3.86. The maximum atomic E-state index is 12.8. The lowest BCUT2D eigenvalue weighted by molar-refractivity contribution is -0.386. The van der Waals surface area contributed by atoms with Crippen molar-refractivity contribution in [2.75, 3.05) is 5.32 Å². The molecule has 11 heteroatoms. The summed E-state index contributed by atoms with van der Waals surface area (Å²) in [4.78, 5) is 34.5. The van der Waals surface area contributed by atoms with Gasteiger partial charge in [-0.25, -0.2) is 0 Å². The molecule has 0 atom stereocenters. The summed E-state index contributed by atoms with van der Waals surface area (Å²) in [6.07, 6.45) is 0. The molecule has 0 saturated heterocycles. The Morgan fingerprint density at radius 2 is 1.64 bits per heavy atom. The molecular formula is C28H25N3O8. The van der Waals surface area contributed by atoms with Crippen LogP contribution < -0.4 is 14.8 Å². The number of furan rings is 1. The van der Waals surface area contributed by atoms with Crippen molar-refractivity contribution >= 4 is 23.0 Å². The van der Waals surface area contributed by atoms with Crippen LogP contribution in [0.15, 0.2) is 65.1 Å². The van der Waals surface area contributed by atoms with Crippen molar-refractivity contribution in [1.29, 1.82) is 0 Å². The number of non-ortho nitro benzene ring substituents is 1. The molecule has 0 fully saturated rings. The van der Waals surface area contributed by atoms with Crippen LogP contribution in [0.1, 0.15) is 38.6 Å². The molecule has 0 aliphatic rings. The zero-order valence-electron chi connectivity index (χ0n) is 21.6. The van der Waals surface area contributed by atoms with Gasteiger partial charge in [-0.2, -0.15) is 0 Å². The predicted molar refractivity (Wildman–Crippen MR) is 143 cm³/mol. The van der Waals surface area contributed by atoms with Gasteiger partial charge in [-0.05, 0) is 74.2 Å². The van der Waals surface area contributed by atoms with E-state index in [4.69, 9.17) is 13.9 Å². The fourth-order valence-electron chi connectivity index (χ4n) is 3.86. The molecule has 0 saturated carbocycles. The largest absolute Gasteiger partial charge is 0.479 e. The number of carbonyl (C=O) groups excluding carboxylic acids is 1. The number of hydrogen-bond donors (Lipinski definition) is 1. The highest BCUT2D eigenvalue weighted by atomic mass is 16.6. The lowest BCUT2D eigenvalue weighted by atomic mass is 10.1. The molecule has 1 N–H and O–H groups in total. The fraction of sp³-hybridized carbons (Fsp3) is 0.179. The number of nitrogens with one attached hydrogen (secondary N) is 1. The van der Waals surface area contributed by atoms with Crippen molar-refractivity contribution in [3.05, 3.63) is 115 Å². The second-order valence-corrected chi connectivity index (χ2v) is 9.02. The lowest BCUT2D eigenvalue weighted by Gasteiger charge is -2.13. The topological polar surface area (TPSA) is 147 Å². The van der Waals surface area contributed by atoms with E-state index < -0.39 is 15.8 Å². The molecule has 0 aliphatic carbocycles. The third-order valence-corrected chi connectivity index (χ3v) is 5.92. The molecule has 4 aromatic rings. The highest BCUT2D eigenvalue weighted by Crippen LogP contribution is 2.33. The van der Waals surface area contributed by atoms with E-state index in [9.17, 15) is 25.0 Å². The van der Waals surface area contributed by atoms with Gasteiger partial charge < -0.3 is 19.2 Å². The highest BCUT2D eigenvalue weighted by Gasteiger charge is 2.19. The van der Waals surface area contributed by atoms with Crippen molar-refractivity contribution < 1.29 is 28.5 Å². The molecule has 0 spiro atoms. The van der Waals surface area contributed by atoms with Crippen LogP contribution in [-0.4, -0.2) is 15.8 Å². The number of anilines is 1. The molecule has 0 unspecified atom stereocenters. The van der Waals surface area contributed by atoms with Gasteiger partial charge in [0.25, 0.3) is 11.6 Å². The Hall–Kier alpha value is -5.19. The molecule has 3 aromatic carbocycles.